The Morgan fingerprint density at radius 2 is 1.72 bits per heavy atom. The van der Waals surface area contributed by atoms with Crippen molar-refractivity contribution in [2.24, 2.45) is 0 Å². The van der Waals surface area contributed by atoms with Gasteiger partial charge in [-0.15, -0.1) is 11.3 Å². The van der Waals surface area contributed by atoms with Crippen LogP contribution in [0, 0.1) is 0 Å². The van der Waals surface area contributed by atoms with Gasteiger partial charge in [0.05, 0.1) is 11.4 Å². The van der Waals surface area contributed by atoms with E-state index in [-0.39, 0.29) is 0 Å². The minimum atomic E-state index is 0.710. The van der Waals surface area contributed by atoms with Crippen molar-refractivity contribution in [1.29, 1.82) is 0 Å². The summed E-state index contributed by atoms with van der Waals surface area (Å²) in [6, 6.07) is 24.9. The first-order valence-electron chi connectivity index (χ1n) is 8.09. The Balaban J connectivity index is 1.64. The SMILES string of the molecule is C=C(Nc1cc(-c2cccs2)ccc1N)c1ccc2ccccc2c1. The second-order valence-corrected chi connectivity index (χ2v) is 6.89. The monoisotopic (exact) mass is 342 g/mol. The highest BCUT2D eigenvalue weighted by molar-refractivity contribution is 7.13. The molecule has 0 bridgehead atoms. The normalized spacial score (nSPS) is 10.7. The molecule has 0 spiro atoms. The molecule has 1 heterocycles. The summed E-state index contributed by atoms with van der Waals surface area (Å²) in [6.45, 7) is 4.20. The summed E-state index contributed by atoms with van der Waals surface area (Å²) in [4.78, 5) is 1.22. The first-order valence-corrected chi connectivity index (χ1v) is 8.97. The summed E-state index contributed by atoms with van der Waals surface area (Å²) in [5.41, 5.74) is 10.8. The molecule has 25 heavy (non-hydrogen) atoms. The van der Waals surface area contributed by atoms with Gasteiger partial charge in [-0.25, -0.2) is 0 Å². The highest BCUT2D eigenvalue weighted by Gasteiger charge is 2.07. The van der Waals surface area contributed by atoms with Gasteiger partial charge < -0.3 is 11.1 Å². The van der Waals surface area contributed by atoms with E-state index in [4.69, 9.17) is 5.73 Å². The summed E-state index contributed by atoms with van der Waals surface area (Å²) < 4.78 is 0. The number of fused-ring (bicyclic) bond motifs is 1. The van der Waals surface area contributed by atoms with Crippen molar-refractivity contribution in [3.63, 3.8) is 0 Å². The van der Waals surface area contributed by atoms with E-state index in [9.17, 15) is 0 Å². The quantitative estimate of drug-likeness (QED) is 0.431. The molecule has 2 nitrogen and oxygen atoms in total. The van der Waals surface area contributed by atoms with Gasteiger partial charge in [0.25, 0.3) is 0 Å². The van der Waals surface area contributed by atoms with Crippen molar-refractivity contribution in [1.82, 2.24) is 0 Å². The van der Waals surface area contributed by atoms with E-state index in [0.29, 0.717) is 5.69 Å². The number of nitrogens with two attached hydrogens (primary N) is 1. The number of nitrogen functional groups attached to an aromatic ring is 1. The molecule has 0 aliphatic rings. The zero-order valence-electron chi connectivity index (χ0n) is 13.7. The molecule has 0 fully saturated rings. The molecule has 0 unspecified atom stereocenters. The van der Waals surface area contributed by atoms with E-state index >= 15 is 0 Å². The third-order valence-electron chi connectivity index (χ3n) is 4.24. The average Bonchev–Trinajstić information content (AvgIpc) is 3.18. The Hall–Kier alpha value is -3.04. The molecule has 3 N–H and O–H groups in total. The van der Waals surface area contributed by atoms with Crippen LogP contribution < -0.4 is 11.1 Å². The molecule has 0 aliphatic carbocycles. The number of benzene rings is 3. The molecule has 0 saturated heterocycles. The predicted octanol–water partition coefficient (Wildman–Crippen LogP) is 6.23. The van der Waals surface area contributed by atoms with Crippen molar-refractivity contribution >= 4 is 39.2 Å². The second kappa shape index (κ2) is 6.46. The van der Waals surface area contributed by atoms with Crippen LogP contribution in [-0.4, -0.2) is 0 Å². The highest BCUT2D eigenvalue weighted by Crippen LogP contribution is 2.32. The van der Waals surface area contributed by atoms with E-state index in [0.717, 1.165) is 22.5 Å². The molecule has 0 amide bonds. The van der Waals surface area contributed by atoms with Crippen LogP contribution in [0.25, 0.3) is 26.9 Å². The molecule has 3 aromatic carbocycles. The fraction of sp³-hybridized carbons (Fsp3) is 0. The van der Waals surface area contributed by atoms with Crippen LogP contribution in [0.5, 0.6) is 0 Å². The summed E-state index contributed by atoms with van der Waals surface area (Å²) in [6.07, 6.45) is 0. The first-order chi connectivity index (χ1) is 12.2. The van der Waals surface area contributed by atoms with Gasteiger partial charge in [0.2, 0.25) is 0 Å². The number of hydrogen-bond acceptors (Lipinski definition) is 3. The van der Waals surface area contributed by atoms with Gasteiger partial charge in [-0.1, -0.05) is 55.1 Å². The lowest BCUT2D eigenvalue weighted by atomic mass is 10.0. The smallest absolute Gasteiger partial charge is 0.0624 e. The minimum absolute atomic E-state index is 0.710. The van der Waals surface area contributed by atoms with E-state index in [1.165, 1.54) is 15.6 Å². The maximum Gasteiger partial charge on any atom is 0.0624 e. The second-order valence-electron chi connectivity index (χ2n) is 5.94. The first kappa shape index (κ1) is 15.5. The zero-order valence-corrected chi connectivity index (χ0v) is 14.5. The summed E-state index contributed by atoms with van der Waals surface area (Å²) in [7, 11) is 0. The van der Waals surface area contributed by atoms with Gasteiger partial charge in [-0.2, -0.15) is 0 Å². The largest absolute Gasteiger partial charge is 0.397 e. The van der Waals surface area contributed by atoms with Crippen LogP contribution in [0.3, 0.4) is 0 Å². The number of rotatable bonds is 4. The molecule has 0 radical (unpaired) electrons. The highest BCUT2D eigenvalue weighted by atomic mass is 32.1. The third-order valence-corrected chi connectivity index (χ3v) is 5.16. The maximum atomic E-state index is 6.16. The fourth-order valence-corrected chi connectivity index (χ4v) is 3.60. The number of anilines is 2. The molecule has 3 heteroatoms. The van der Waals surface area contributed by atoms with Gasteiger partial charge >= 0.3 is 0 Å². The van der Waals surface area contributed by atoms with Crippen molar-refractivity contribution in [2.45, 2.75) is 0 Å². The topological polar surface area (TPSA) is 38.0 Å². The van der Waals surface area contributed by atoms with Crippen LogP contribution in [0.15, 0.2) is 84.8 Å². The zero-order chi connectivity index (χ0) is 17.2. The van der Waals surface area contributed by atoms with Crippen LogP contribution >= 0.6 is 11.3 Å². The van der Waals surface area contributed by atoms with Crippen molar-refractivity contribution in [3.8, 4) is 10.4 Å². The van der Waals surface area contributed by atoms with Crippen molar-refractivity contribution in [2.75, 3.05) is 11.1 Å². The third kappa shape index (κ3) is 3.14. The number of thiophene rings is 1. The lowest BCUT2D eigenvalue weighted by Gasteiger charge is -2.14. The fourth-order valence-electron chi connectivity index (χ4n) is 2.87. The van der Waals surface area contributed by atoms with Crippen molar-refractivity contribution in [3.05, 3.63) is 90.3 Å². The van der Waals surface area contributed by atoms with E-state index < -0.39 is 0 Å². The Kier molecular flexibility index (Phi) is 4.00. The molecule has 4 rings (SSSR count). The van der Waals surface area contributed by atoms with Gasteiger partial charge in [-0.05, 0) is 51.5 Å². The molecule has 1 aromatic heterocycles. The van der Waals surface area contributed by atoms with Crippen molar-refractivity contribution < 1.29 is 0 Å². The summed E-state index contributed by atoms with van der Waals surface area (Å²) >= 11 is 1.72. The summed E-state index contributed by atoms with van der Waals surface area (Å²) in [5, 5.41) is 7.87. The van der Waals surface area contributed by atoms with Crippen LogP contribution in [0.4, 0.5) is 11.4 Å². The standard InChI is InChI=1S/C22H18N2S/c1-15(17-9-8-16-5-2-3-6-18(16)13-17)24-21-14-19(10-11-20(21)23)22-7-4-12-25-22/h2-14,24H,1,23H2. The minimum Gasteiger partial charge on any atom is -0.397 e. The van der Waals surface area contributed by atoms with E-state index in [1.807, 2.05) is 24.3 Å². The van der Waals surface area contributed by atoms with Crippen LogP contribution in [0.2, 0.25) is 0 Å². The Morgan fingerprint density at radius 3 is 2.52 bits per heavy atom. The van der Waals surface area contributed by atoms with E-state index in [2.05, 4.69) is 65.8 Å². The van der Waals surface area contributed by atoms with Gasteiger partial charge in [0.15, 0.2) is 0 Å². The average molecular weight is 342 g/mol. The Labute approximate surface area is 151 Å². The molecule has 0 aliphatic heterocycles. The van der Waals surface area contributed by atoms with Crippen LogP contribution in [0.1, 0.15) is 5.56 Å². The molecule has 0 saturated carbocycles. The number of hydrogen-bond donors (Lipinski definition) is 2. The van der Waals surface area contributed by atoms with E-state index in [1.54, 1.807) is 11.3 Å². The van der Waals surface area contributed by atoms with Gasteiger partial charge in [0.1, 0.15) is 0 Å². The lowest BCUT2D eigenvalue weighted by molar-refractivity contribution is 1.55. The lowest BCUT2D eigenvalue weighted by Crippen LogP contribution is -2.01. The van der Waals surface area contributed by atoms with Gasteiger partial charge in [0, 0.05) is 10.6 Å². The predicted molar refractivity (Wildman–Crippen MR) is 111 cm³/mol. The Bertz CT molecular complexity index is 1050. The molecular weight excluding hydrogens is 324 g/mol. The Morgan fingerprint density at radius 1 is 0.880 bits per heavy atom. The summed E-state index contributed by atoms with van der Waals surface area (Å²) in [5.74, 6) is 0. The molecule has 0 atom stereocenters. The van der Waals surface area contributed by atoms with Gasteiger partial charge in [-0.3, -0.25) is 0 Å². The maximum absolute atomic E-state index is 6.16. The molecule has 122 valence electrons. The molecule has 4 aromatic rings. The molecular formula is C22H18N2S. The number of nitrogens with one attached hydrogen (secondary N) is 1. The van der Waals surface area contributed by atoms with Crippen LogP contribution in [-0.2, 0) is 0 Å².